The van der Waals surface area contributed by atoms with Crippen LogP contribution in [0.5, 0.6) is 0 Å². The second-order valence-electron chi connectivity index (χ2n) is 8.06. The SMILES string of the molecule is CC1CC(C)CC(OC2CC(O)C23CCCCCC3)C1. The van der Waals surface area contributed by atoms with E-state index >= 15 is 0 Å². The number of hydrogen-bond donors (Lipinski definition) is 1. The average molecular weight is 280 g/mol. The van der Waals surface area contributed by atoms with Crippen molar-refractivity contribution in [3.05, 3.63) is 0 Å². The first-order valence-corrected chi connectivity index (χ1v) is 8.93. The van der Waals surface area contributed by atoms with Crippen LogP contribution in [0.3, 0.4) is 0 Å². The fourth-order valence-electron chi connectivity index (χ4n) is 5.18. The Balaban J connectivity index is 1.62. The summed E-state index contributed by atoms with van der Waals surface area (Å²) in [6, 6.07) is 0. The lowest BCUT2D eigenvalue weighted by atomic mass is 9.59. The van der Waals surface area contributed by atoms with Crippen LogP contribution < -0.4 is 0 Å². The molecule has 20 heavy (non-hydrogen) atoms. The van der Waals surface area contributed by atoms with Crippen molar-refractivity contribution >= 4 is 0 Å². The van der Waals surface area contributed by atoms with Crippen LogP contribution in [-0.4, -0.2) is 23.4 Å². The molecule has 3 fully saturated rings. The molecule has 1 N–H and O–H groups in total. The van der Waals surface area contributed by atoms with Crippen LogP contribution in [0.1, 0.15) is 78.1 Å². The van der Waals surface area contributed by atoms with Crippen molar-refractivity contribution in [3.8, 4) is 0 Å². The molecule has 0 amide bonds. The van der Waals surface area contributed by atoms with Gasteiger partial charge in [0, 0.05) is 11.8 Å². The fraction of sp³-hybridized carbons (Fsp3) is 1.00. The van der Waals surface area contributed by atoms with Crippen LogP contribution in [0.2, 0.25) is 0 Å². The summed E-state index contributed by atoms with van der Waals surface area (Å²) in [5, 5.41) is 10.4. The average Bonchev–Trinajstić information content (AvgIpc) is 2.65. The van der Waals surface area contributed by atoms with Gasteiger partial charge in [-0.15, -0.1) is 0 Å². The molecule has 0 heterocycles. The van der Waals surface area contributed by atoms with Crippen LogP contribution in [0.15, 0.2) is 0 Å². The Labute approximate surface area is 124 Å². The highest BCUT2D eigenvalue weighted by atomic mass is 16.5. The minimum atomic E-state index is -0.0935. The molecule has 3 saturated carbocycles. The van der Waals surface area contributed by atoms with Crippen LogP contribution in [-0.2, 0) is 4.74 Å². The van der Waals surface area contributed by atoms with E-state index in [9.17, 15) is 5.11 Å². The maximum absolute atomic E-state index is 10.4. The molecule has 0 aliphatic heterocycles. The third kappa shape index (κ3) is 2.78. The molecular formula is C18H32O2. The first-order valence-electron chi connectivity index (χ1n) is 8.93. The van der Waals surface area contributed by atoms with E-state index in [0.29, 0.717) is 12.2 Å². The van der Waals surface area contributed by atoms with Gasteiger partial charge in [-0.1, -0.05) is 39.5 Å². The van der Waals surface area contributed by atoms with Crippen molar-refractivity contribution in [2.24, 2.45) is 17.3 Å². The maximum Gasteiger partial charge on any atom is 0.0684 e. The summed E-state index contributed by atoms with van der Waals surface area (Å²) in [6.07, 6.45) is 13.1. The Bertz CT molecular complexity index is 309. The van der Waals surface area contributed by atoms with Gasteiger partial charge in [0.1, 0.15) is 0 Å². The lowest BCUT2D eigenvalue weighted by molar-refractivity contribution is -0.222. The predicted molar refractivity (Wildman–Crippen MR) is 81.6 cm³/mol. The summed E-state index contributed by atoms with van der Waals surface area (Å²) in [7, 11) is 0. The Hall–Kier alpha value is -0.0800. The number of aliphatic hydroxyl groups is 1. The smallest absolute Gasteiger partial charge is 0.0684 e. The first kappa shape index (κ1) is 14.8. The van der Waals surface area contributed by atoms with E-state index < -0.39 is 0 Å². The molecule has 0 radical (unpaired) electrons. The van der Waals surface area contributed by atoms with Gasteiger partial charge in [0.05, 0.1) is 18.3 Å². The molecule has 4 atom stereocenters. The summed E-state index contributed by atoms with van der Waals surface area (Å²) in [5.41, 5.74) is 0.125. The van der Waals surface area contributed by atoms with Gasteiger partial charge >= 0.3 is 0 Å². The van der Waals surface area contributed by atoms with Crippen molar-refractivity contribution in [2.75, 3.05) is 0 Å². The van der Waals surface area contributed by atoms with Gasteiger partial charge in [0.25, 0.3) is 0 Å². The molecule has 116 valence electrons. The molecule has 3 aliphatic carbocycles. The molecular weight excluding hydrogens is 248 g/mol. The summed E-state index contributed by atoms with van der Waals surface area (Å²) in [5.74, 6) is 1.61. The topological polar surface area (TPSA) is 29.5 Å². The summed E-state index contributed by atoms with van der Waals surface area (Å²) >= 11 is 0. The van der Waals surface area contributed by atoms with E-state index in [1.165, 1.54) is 57.8 Å². The highest BCUT2D eigenvalue weighted by molar-refractivity contribution is 5.05. The molecule has 0 aromatic rings. The standard InChI is InChI=1S/C18H32O2/c1-13-9-14(2)11-15(10-13)20-17-12-16(19)18(17)7-5-3-4-6-8-18/h13-17,19H,3-12H2,1-2H3. The molecule has 0 saturated heterocycles. The highest BCUT2D eigenvalue weighted by Gasteiger charge is 2.55. The first-order chi connectivity index (χ1) is 9.60. The third-order valence-electron chi connectivity index (χ3n) is 6.27. The van der Waals surface area contributed by atoms with Crippen molar-refractivity contribution in [2.45, 2.75) is 96.4 Å². The number of ether oxygens (including phenoxy) is 1. The van der Waals surface area contributed by atoms with E-state index in [1.807, 2.05) is 0 Å². The lowest BCUT2D eigenvalue weighted by Gasteiger charge is -2.54. The van der Waals surface area contributed by atoms with E-state index in [1.54, 1.807) is 0 Å². The van der Waals surface area contributed by atoms with E-state index in [0.717, 1.165) is 18.3 Å². The van der Waals surface area contributed by atoms with Gasteiger partial charge in [-0.25, -0.2) is 0 Å². The largest absolute Gasteiger partial charge is 0.392 e. The zero-order valence-electron chi connectivity index (χ0n) is 13.3. The molecule has 0 aromatic heterocycles. The zero-order valence-corrected chi connectivity index (χ0v) is 13.3. The Morgan fingerprint density at radius 2 is 1.45 bits per heavy atom. The molecule has 1 spiro atoms. The maximum atomic E-state index is 10.4. The van der Waals surface area contributed by atoms with Gasteiger partial charge in [0.2, 0.25) is 0 Å². The fourth-order valence-corrected chi connectivity index (χ4v) is 5.18. The monoisotopic (exact) mass is 280 g/mol. The zero-order chi connectivity index (χ0) is 14.2. The van der Waals surface area contributed by atoms with Gasteiger partial charge < -0.3 is 9.84 Å². The van der Waals surface area contributed by atoms with Crippen LogP contribution in [0, 0.1) is 17.3 Å². The predicted octanol–water partition coefficient (Wildman–Crippen LogP) is 4.30. The Morgan fingerprint density at radius 3 is 2.00 bits per heavy atom. The van der Waals surface area contributed by atoms with Gasteiger partial charge in [0.15, 0.2) is 0 Å². The van der Waals surface area contributed by atoms with Crippen molar-refractivity contribution in [1.82, 2.24) is 0 Å². The normalized spacial score (nSPS) is 44.9. The molecule has 2 nitrogen and oxygen atoms in total. The van der Waals surface area contributed by atoms with Gasteiger partial charge in [-0.2, -0.15) is 0 Å². The number of aliphatic hydroxyl groups excluding tert-OH is 1. The summed E-state index contributed by atoms with van der Waals surface area (Å²) in [4.78, 5) is 0. The molecule has 3 aliphatic rings. The minimum absolute atomic E-state index is 0.0935. The molecule has 0 aromatic carbocycles. The molecule has 0 bridgehead atoms. The lowest BCUT2D eigenvalue weighted by Crippen LogP contribution is -2.59. The van der Waals surface area contributed by atoms with Gasteiger partial charge in [-0.05, 0) is 43.9 Å². The molecule has 3 rings (SSSR count). The summed E-state index contributed by atoms with van der Waals surface area (Å²) in [6.45, 7) is 4.73. The third-order valence-corrected chi connectivity index (χ3v) is 6.27. The highest BCUT2D eigenvalue weighted by Crippen LogP contribution is 2.53. The molecule has 4 unspecified atom stereocenters. The van der Waals surface area contributed by atoms with E-state index in [-0.39, 0.29) is 11.5 Å². The van der Waals surface area contributed by atoms with Crippen LogP contribution >= 0.6 is 0 Å². The quantitative estimate of drug-likeness (QED) is 0.817. The molecule has 2 heteroatoms. The van der Waals surface area contributed by atoms with Crippen molar-refractivity contribution < 1.29 is 9.84 Å². The number of hydrogen-bond acceptors (Lipinski definition) is 2. The second-order valence-corrected chi connectivity index (χ2v) is 8.06. The second kappa shape index (κ2) is 5.96. The van der Waals surface area contributed by atoms with Crippen LogP contribution in [0.25, 0.3) is 0 Å². The van der Waals surface area contributed by atoms with E-state index in [2.05, 4.69) is 13.8 Å². The number of rotatable bonds is 2. The van der Waals surface area contributed by atoms with E-state index in [4.69, 9.17) is 4.74 Å². The summed E-state index contributed by atoms with van der Waals surface area (Å²) < 4.78 is 6.53. The Kier molecular flexibility index (Phi) is 4.42. The van der Waals surface area contributed by atoms with Crippen molar-refractivity contribution in [3.63, 3.8) is 0 Å². The minimum Gasteiger partial charge on any atom is -0.392 e. The van der Waals surface area contributed by atoms with Crippen molar-refractivity contribution in [1.29, 1.82) is 0 Å². The van der Waals surface area contributed by atoms with Gasteiger partial charge in [-0.3, -0.25) is 0 Å². The van der Waals surface area contributed by atoms with Crippen LogP contribution in [0.4, 0.5) is 0 Å². The Morgan fingerprint density at radius 1 is 0.850 bits per heavy atom.